The summed E-state index contributed by atoms with van der Waals surface area (Å²) in [5.74, 6) is 0.817. The zero-order valence-electron chi connectivity index (χ0n) is 15.5. The number of nitrogens with zero attached hydrogens (tertiary/aromatic N) is 3. The topological polar surface area (TPSA) is 50.2 Å². The van der Waals surface area contributed by atoms with Gasteiger partial charge in [0.25, 0.3) is 0 Å². The van der Waals surface area contributed by atoms with E-state index in [-0.39, 0.29) is 5.41 Å². The molecule has 0 saturated carbocycles. The van der Waals surface area contributed by atoms with Gasteiger partial charge in [0.15, 0.2) is 5.82 Å². The molecule has 134 valence electrons. The summed E-state index contributed by atoms with van der Waals surface area (Å²) >= 11 is 1.80. The van der Waals surface area contributed by atoms with Crippen molar-refractivity contribution < 1.29 is 0 Å². The van der Waals surface area contributed by atoms with E-state index >= 15 is 0 Å². The molecule has 1 aromatic carbocycles. The van der Waals surface area contributed by atoms with Crippen LogP contribution in [0.3, 0.4) is 0 Å². The highest BCUT2D eigenvalue weighted by Gasteiger charge is 2.19. The molecule has 0 bridgehead atoms. The molecular weight excluding hydrogens is 340 g/mol. The van der Waals surface area contributed by atoms with Gasteiger partial charge in [-0.2, -0.15) is 5.10 Å². The Morgan fingerprint density at radius 1 is 1.08 bits per heavy atom. The van der Waals surface area contributed by atoms with Crippen molar-refractivity contribution in [3.63, 3.8) is 0 Å². The van der Waals surface area contributed by atoms with Crippen LogP contribution in [0, 0.1) is 0 Å². The summed E-state index contributed by atoms with van der Waals surface area (Å²) in [7, 11) is 0. The number of fused-ring (bicyclic) bond motifs is 3. The summed E-state index contributed by atoms with van der Waals surface area (Å²) < 4.78 is 0. The van der Waals surface area contributed by atoms with Gasteiger partial charge in [-0.3, -0.25) is 5.43 Å². The normalized spacial score (nSPS) is 14.7. The maximum absolute atomic E-state index is 4.46. The van der Waals surface area contributed by atoms with E-state index in [0.29, 0.717) is 0 Å². The summed E-state index contributed by atoms with van der Waals surface area (Å²) in [4.78, 5) is 11.4. The lowest BCUT2D eigenvalue weighted by Crippen LogP contribution is -2.10. The van der Waals surface area contributed by atoms with Crippen molar-refractivity contribution >= 4 is 33.6 Å². The van der Waals surface area contributed by atoms with Crippen molar-refractivity contribution in [3.05, 3.63) is 52.2 Å². The monoisotopic (exact) mass is 364 g/mol. The van der Waals surface area contributed by atoms with Crippen molar-refractivity contribution in [2.75, 3.05) is 5.43 Å². The first-order valence-electron chi connectivity index (χ1n) is 9.17. The van der Waals surface area contributed by atoms with Gasteiger partial charge in [0.1, 0.15) is 11.2 Å². The number of aromatic nitrogens is 2. The Labute approximate surface area is 158 Å². The number of rotatable bonds is 3. The third-order valence-corrected chi connectivity index (χ3v) is 6.11. The fourth-order valence-electron chi connectivity index (χ4n) is 3.41. The molecule has 1 aliphatic carbocycles. The highest BCUT2D eigenvalue weighted by Crippen LogP contribution is 2.38. The molecule has 0 radical (unpaired) electrons. The largest absolute Gasteiger partial charge is 0.261 e. The third kappa shape index (κ3) is 3.36. The molecule has 0 spiro atoms. The Balaban J connectivity index is 1.56. The van der Waals surface area contributed by atoms with Crippen molar-refractivity contribution in [1.29, 1.82) is 0 Å². The molecule has 0 fully saturated rings. The molecule has 4 nitrogen and oxygen atoms in total. The predicted molar refractivity (Wildman–Crippen MR) is 110 cm³/mol. The molecule has 2 aromatic heterocycles. The molecular formula is C21H24N4S. The summed E-state index contributed by atoms with van der Waals surface area (Å²) in [6.07, 6.45) is 8.28. The minimum Gasteiger partial charge on any atom is -0.261 e. The number of hydrazone groups is 1. The Kier molecular flexibility index (Phi) is 4.49. The van der Waals surface area contributed by atoms with Crippen LogP contribution in [0.1, 0.15) is 55.2 Å². The van der Waals surface area contributed by atoms with Crippen LogP contribution < -0.4 is 5.43 Å². The minimum atomic E-state index is 0.165. The van der Waals surface area contributed by atoms with Gasteiger partial charge in [0, 0.05) is 4.88 Å². The highest BCUT2D eigenvalue weighted by atomic mass is 32.1. The van der Waals surface area contributed by atoms with Crippen LogP contribution in [0.2, 0.25) is 0 Å². The molecule has 0 saturated heterocycles. The van der Waals surface area contributed by atoms with Gasteiger partial charge < -0.3 is 0 Å². The van der Waals surface area contributed by atoms with Crippen molar-refractivity contribution in [2.45, 2.75) is 51.9 Å². The van der Waals surface area contributed by atoms with Crippen molar-refractivity contribution in [3.8, 4) is 0 Å². The summed E-state index contributed by atoms with van der Waals surface area (Å²) in [5, 5.41) is 5.58. The standard InChI is InChI=1S/C21H24N4S/c1-21(2,3)15-10-8-14(9-11-15)12-24-25-19-18-16-6-4-5-7-17(16)26-20(18)23-13-22-19/h8-13H,4-7H2,1-3H3,(H,22,23,25)/b24-12+. The highest BCUT2D eigenvalue weighted by molar-refractivity contribution is 7.19. The number of thiophene rings is 1. The Hall–Kier alpha value is -2.27. The number of aryl methyl sites for hydroxylation is 2. The number of hydrogen-bond donors (Lipinski definition) is 1. The fourth-order valence-corrected chi connectivity index (χ4v) is 4.64. The first kappa shape index (κ1) is 17.2. The Morgan fingerprint density at radius 2 is 1.85 bits per heavy atom. The zero-order valence-corrected chi connectivity index (χ0v) is 16.4. The Morgan fingerprint density at radius 3 is 2.62 bits per heavy atom. The van der Waals surface area contributed by atoms with E-state index in [1.165, 1.54) is 35.3 Å². The second-order valence-electron chi connectivity index (χ2n) is 7.86. The number of benzene rings is 1. The SMILES string of the molecule is CC(C)(C)c1ccc(/C=N/Nc2ncnc3sc4c(c23)CCCC4)cc1. The average Bonchev–Trinajstić information content (AvgIpc) is 3.01. The van der Waals surface area contributed by atoms with E-state index in [9.17, 15) is 0 Å². The predicted octanol–water partition coefficient (Wildman–Crippen LogP) is 5.31. The average molecular weight is 365 g/mol. The van der Waals surface area contributed by atoms with Gasteiger partial charge in [-0.25, -0.2) is 9.97 Å². The number of hydrogen-bond acceptors (Lipinski definition) is 5. The molecule has 2 heterocycles. The molecule has 0 amide bonds. The van der Waals surface area contributed by atoms with E-state index in [2.05, 4.69) is 65.5 Å². The van der Waals surface area contributed by atoms with Crippen LogP contribution in [0.4, 0.5) is 5.82 Å². The van der Waals surface area contributed by atoms with Gasteiger partial charge in [-0.1, -0.05) is 45.0 Å². The van der Waals surface area contributed by atoms with E-state index in [0.717, 1.165) is 28.0 Å². The number of anilines is 1. The lowest BCUT2D eigenvalue weighted by Gasteiger charge is -2.18. The van der Waals surface area contributed by atoms with E-state index in [1.807, 2.05) is 6.21 Å². The maximum Gasteiger partial charge on any atom is 0.158 e. The van der Waals surface area contributed by atoms with Crippen LogP contribution in [0.5, 0.6) is 0 Å². The minimum absolute atomic E-state index is 0.165. The van der Waals surface area contributed by atoms with Gasteiger partial charge in [-0.15, -0.1) is 11.3 Å². The van der Waals surface area contributed by atoms with Crippen LogP contribution >= 0.6 is 11.3 Å². The van der Waals surface area contributed by atoms with Gasteiger partial charge >= 0.3 is 0 Å². The molecule has 4 rings (SSSR count). The smallest absolute Gasteiger partial charge is 0.158 e. The quantitative estimate of drug-likeness (QED) is 0.506. The summed E-state index contributed by atoms with van der Waals surface area (Å²) in [6.45, 7) is 6.67. The molecule has 0 aliphatic heterocycles. The van der Waals surface area contributed by atoms with Gasteiger partial charge in [0.2, 0.25) is 0 Å². The summed E-state index contributed by atoms with van der Waals surface area (Å²) in [6, 6.07) is 8.54. The lowest BCUT2D eigenvalue weighted by molar-refractivity contribution is 0.590. The third-order valence-electron chi connectivity index (χ3n) is 4.91. The van der Waals surface area contributed by atoms with Gasteiger partial charge in [-0.05, 0) is 47.8 Å². The van der Waals surface area contributed by atoms with Crippen molar-refractivity contribution in [1.82, 2.24) is 9.97 Å². The van der Waals surface area contributed by atoms with Crippen molar-refractivity contribution in [2.24, 2.45) is 5.10 Å². The molecule has 0 unspecified atom stereocenters. The second kappa shape index (κ2) is 6.80. The fraction of sp³-hybridized carbons (Fsp3) is 0.381. The van der Waals surface area contributed by atoms with Crippen LogP contribution in [-0.2, 0) is 18.3 Å². The first-order valence-corrected chi connectivity index (χ1v) is 9.99. The molecule has 26 heavy (non-hydrogen) atoms. The van der Waals surface area contributed by atoms with E-state index in [1.54, 1.807) is 17.7 Å². The van der Waals surface area contributed by atoms with E-state index in [4.69, 9.17) is 0 Å². The Bertz CT molecular complexity index is 949. The number of nitrogens with one attached hydrogen (secondary N) is 1. The van der Waals surface area contributed by atoms with Crippen LogP contribution in [0.15, 0.2) is 35.7 Å². The maximum atomic E-state index is 4.46. The summed E-state index contributed by atoms with van der Waals surface area (Å²) in [5.41, 5.74) is 7.12. The first-order chi connectivity index (χ1) is 12.5. The lowest BCUT2D eigenvalue weighted by atomic mass is 9.87. The van der Waals surface area contributed by atoms with Gasteiger partial charge in [0.05, 0.1) is 11.6 Å². The van der Waals surface area contributed by atoms with Crippen LogP contribution in [0.25, 0.3) is 10.2 Å². The molecule has 1 N–H and O–H groups in total. The molecule has 5 heteroatoms. The molecule has 0 atom stereocenters. The van der Waals surface area contributed by atoms with E-state index < -0.39 is 0 Å². The molecule has 3 aromatic rings. The van der Waals surface area contributed by atoms with Crippen LogP contribution in [-0.4, -0.2) is 16.2 Å². The zero-order chi connectivity index (χ0) is 18.1. The molecule has 1 aliphatic rings. The second-order valence-corrected chi connectivity index (χ2v) is 8.94.